The number of hydrogen-bond acceptors (Lipinski definition) is 12. The Morgan fingerprint density at radius 2 is 1.25 bits per heavy atom. The Labute approximate surface area is 334 Å². The lowest BCUT2D eigenvalue weighted by molar-refractivity contribution is -0.0792. The molecule has 2 saturated carbocycles. The minimum absolute atomic E-state index is 0.243. The molecule has 12 atom stereocenters. The van der Waals surface area contributed by atoms with E-state index in [0.29, 0.717) is 48.1 Å². The van der Waals surface area contributed by atoms with Crippen molar-refractivity contribution < 1.29 is 51.9 Å². The van der Waals surface area contributed by atoms with Crippen LogP contribution in [0.2, 0.25) is 51.4 Å². The van der Waals surface area contributed by atoms with Crippen LogP contribution in [0.5, 0.6) is 0 Å². The molecule has 0 aromatic heterocycles. The van der Waals surface area contributed by atoms with Gasteiger partial charge in [-0.3, -0.25) is 0 Å². The molecule has 6 rings (SSSR count). The van der Waals surface area contributed by atoms with Crippen LogP contribution in [-0.4, -0.2) is 125 Å². The van der Waals surface area contributed by atoms with E-state index in [2.05, 4.69) is 53.1 Å². The van der Waals surface area contributed by atoms with E-state index < -0.39 is 74.3 Å². The Hall–Kier alpha value is 1.26. The average molecular weight is 884 g/mol. The first kappa shape index (κ1) is 43.8. The van der Waals surface area contributed by atoms with Crippen molar-refractivity contribution in [2.45, 2.75) is 154 Å². The van der Waals surface area contributed by atoms with Crippen molar-refractivity contribution in [3.8, 4) is 0 Å². The Morgan fingerprint density at radius 3 is 1.79 bits per heavy atom. The molecule has 0 aromatic rings. The molecule has 0 aromatic carbocycles. The normalized spacial score (nSPS) is 43.4. The van der Waals surface area contributed by atoms with Gasteiger partial charge < -0.3 is 51.9 Å². The fourth-order valence-electron chi connectivity index (χ4n) is 9.48. The molecule has 12 unspecified atom stereocenters. The van der Waals surface area contributed by atoms with E-state index in [9.17, 15) is 0 Å². The highest BCUT2D eigenvalue weighted by Crippen LogP contribution is 2.52. The fourth-order valence-corrected chi connectivity index (χ4v) is 33.3. The number of hydrogen-bond donors (Lipinski definition) is 0. The van der Waals surface area contributed by atoms with Crippen molar-refractivity contribution >= 4 is 74.3 Å². The van der Waals surface area contributed by atoms with Gasteiger partial charge in [-0.2, -0.15) is 0 Å². The van der Waals surface area contributed by atoms with E-state index in [0.717, 1.165) is 77.0 Å². The van der Waals surface area contributed by atoms with E-state index >= 15 is 0 Å². The summed E-state index contributed by atoms with van der Waals surface area (Å²) in [5, 5.41) is 0. The lowest BCUT2D eigenvalue weighted by Crippen LogP contribution is -2.53. The summed E-state index contributed by atoms with van der Waals surface area (Å²) in [6.07, 6.45) is 12.9. The summed E-state index contributed by atoms with van der Waals surface area (Å²) in [6.45, 7) is 21.1. The Bertz CT molecular complexity index is 1100. The molecule has 4 saturated heterocycles. The molecule has 12 nitrogen and oxygen atoms in total. The maximum absolute atomic E-state index is 6.65. The van der Waals surface area contributed by atoms with Crippen molar-refractivity contribution in [2.75, 3.05) is 26.4 Å². The summed E-state index contributed by atoms with van der Waals surface area (Å²) in [4.78, 5) is 0. The van der Waals surface area contributed by atoms with Crippen LogP contribution in [0, 0.1) is 29.1 Å². The van der Waals surface area contributed by atoms with Crippen LogP contribution in [0.3, 0.4) is 0 Å². The predicted molar refractivity (Wildman–Crippen MR) is 221 cm³/mol. The molecule has 6 aliphatic rings. The third kappa shape index (κ3) is 13.9. The standard InChI is InChI=1S/C33H70O12Si8/c1-33(2,27-13-15-31(36-23-29-21-34-29)25(19-27)11-9-17-52-39-46-38-47(3)40-49(5)43-52)28-14-16-32(37-24-30-22-35-30)26(20-28)12-10-18-53(8)44-50(6)41-48(4)42-51(7)45-53/h25-32,46-51H,9-24H2,1-8H3. The van der Waals surface area contributed by atoms with Gasteiger partial charge >= 0.3 is 27.9 Å². The summed E-state index contributed by atoms with van der Waals surface area (Å²) < 4.78 is 74.5. The number of rotatable bonds is 16. The van der Waals surface area contributed by atoms with Gasteiger partial charge in [0.15, 0.2) is 0 Å². The second kappa shape index (κ2) is 20.5. The van der Waals surface area contributed by atoms with Crippen LogP contribution in [-0.2, 0) is 51.9 Å². The molecule has 2 aliphatic carbocycles. The van der Waals surface area contributed by atoms with Gasteiger partial charge in [-0.15, -0.1) is 0 Å². The second-order valence-corrected chi connectivity index (χ2v) is 35.3. The molecule has 6 fully saturated rings. The topological polar surface area (TPSA) is 117 Å². The van der Waals surface area contributed by atoms with Crippen LogP contribution in [0.25, 0.3) is 0 Å². The Balaban J connectivity index is 1.06. The third-order valence-corrected chi connectivity index (χ3v) is 36.3. The lowest BCUT2D eigenvalue weighted by atomic mass is 9.57. The van der Waals surface area contributed by atoms with Crippen LogP contribution in [0.15, 0.2) is 0 Å². The molecule has 0 amide bonds. The largest absolute Gasteiger partial charge is 0.420 e. The summed E-state index contributed by atoms with van der Waals surface area (Å²) >= 11 is 0. The van der Waals surface area contributed by atoms with Crippen LogP contribution >= 0.6 is 0 Å². The van der Waals surface area contributed by atoms with Gasteiger partial charge in [0.2, 0.25) is 0 Å². The van der Waals surface area contributed by atoms with E-state index in [4.69, 9.17) is 51.9 Å². The summed E-state index contributed by atoms with van der Waals surface area (Å²) in [6, 6.07) is 1.98. The first-order valence-corrected chi connectivity index (χ1v) is 36.3. The molecule has 4 aliphatic heterocycles. The summed E-state index contributed by atoms with van der Waals surface area (Å²) in [7, 11) is -12.6. The highest BCUT2D eigenvalue weighted by molar-refractivity contribution is 6.81. The van der Waals surface area contributed by atoms with E-state index in [-0.39, 0.29) is 5.41 Å². The smallest absolute Gasteiger partial charge is 0.365 e. The van der Waals surface area contributed by atoms with Gasteiger partial charge in [0, 0.05) is 0 Å². The summed E-state index contributed by atoms with van der Waals surface area (Å²) in [5.74, 6) is 2.43. The number of ether oxygens (including phenoxy) is 4. The average Bonchev–Trinajstić information content (AvgIpc) is 4.01. The van der Waals surface area contributed by atoms with Crippen LogP contribution < -0.4 is 0 Å². The van der Waals surface area contributed by atoms with Crippen LogP contribution in [0.1, 0.15) is 78.1 Å². The maximum atomic E-state index is 6.65. The Kier molecular flexibility index (Phi) is 16.9. The Morgan fingerprint density at radius 1 is 0.717 bits per heavy atom. The third-order valence-electron chi connectivity index (χ3n) is 12.6. The molecule has 2 radical (unpaired) electrons. The molecule has 0 bridgehead atoms. The minimum Gasteiger partial charge on any atom is -0.420 e. The van der Waals surface area contributed by atoms with Gasteiger partial charge in [0.05, 0.1) is 38.6 Å². The lowest BCUT2D eigenvalue weighted by Gasteiger charge is -2.50. The minimum atomic E-state index is -2.35. The van der Waals surface area contributed by atoms with Crippen molar-refractivity contribution in [3.63, 3.8) is 0 Å². The molecule has 0 spiro atoms. The van der Waals surface area contributed by atoms with Gasteiger partial charge in [-0.1, -0.05) is 26.7 Å². The quantitative estimate of drug-likeness (QED) is 0.163. The molecular formula is C33H70O12Si8. The van der Waals surface area contributed by atoms with Gasteiger partial charge in [0.25, 0.3) is 46.4 Å². The monoisotopic (exact) mass is 882 g/mol. The molecule has 20 heteroatoms. The highest BCUT2D eigenvalue weighted by atomic mass is 28.5. The molecule has 53 heavy (non-hydrogen) atoms. The fraction of sp³-hybridized carbons (Fsp3) is 1.00. The zero-order valence-electron chi connectivity index (χ0n) is 33.8. The van der Waals surface area contributed by atoms with Crippen molar-refractivity contribution in [3.05, 3.63) is 0 Å². The number of epoxide rings is 2. The highest BCUT2D eigenvalue weighted by Gasteiger charge is 2.47. The van der Waals surface area contributed by atoms with Crippen molar-refractivity contribution in [2.24, 2.45) is 29.1 Å². The van der Waals surface area contributed by atoms with E-state index in [1.165, 1.54) is 25.7 Å². The van der Waals surface area contributed by atoms with Gasteiger partial charge in [-0.05, 0) is 132 Å². The van der Waals surface area contributed by atoms with Gasteiger partial charge in [-0.25, -0.2) is 0 Å². The predicted octanol–water partition coefficient (Wildman–Crippen LogP) is 4.21. The second-order valence-electron chi connectivity index (χ2n) is 17.3. The molecular weight excluding hydrogens is 813 g/mol. The van der Waals surface area contributed by atoms with Crippen molar-refractivity contribution in [1.82, 2.24) is 0 Å². The molecule has 0 N–H and O–H groups in total. The molecule has 4 heterocycles. The van der Waals surface area contributed by atoms with Gasteiger partial charge in [0.1, 0.15) is 12.2 Å². The zero-order chi connectivity index (χ0) is 37.6. The van der Waals surface area contributed by atoms with E-state index in [1.54, 1.807) is 0 Å². The SMILES string of the molecule is C[SiH]1O[SiH]O[Si](CCCC2CC(C(C)(C)C3CCC(OCC4CO4)C(CCC[Si]4(C)O[SiH](C)O[SiH](C)O[SiH](C)O4)C3)CCC2OCC2CO2)O[SiH](C)O1. The van der Waals surface area contributed by atoms with Crippen molar-refractivity contribution in [1.29, 1.82) is 0 Å². The molecule has 306 valence electrons. The first-order chi connectivity index (χ1) is 25.3. The summed E-state index contributed by atoms with van der Waals surface area (Å²) in [5.41, 5.74) is 0.243. The van der Waals surface area contributed by atoms with E-state index in [1.807, 2.05) is 0 Å². The zero-order valence-corrected chi connectivity index (χ0v) is 42.7. The first-order valence-electron chi connectivity index (χ1n) is 20.8. The van der Waals surface area contributed by atoms with Crippen LogP contribution in [0.4, 0.5) is 0 Å². The maximum Gasteiger partial charge on any atom is 0.365 e.